The number of rotatable bonds is 1. The normalized spacial score (nSPS) is 16.9. The van der Waals surface area contributed by atoms with Crippen LogP contribution in [0.2, 0.25) is 0 Å². The summed E-state index contributed by atoms with van der Waals surface area (Å²) in [7, 11) is 0. The largest absolute Gasteiger partial charge is 0.207 e. The molecule has 1 saturated carbocycles. The molecule has 0 nitrogen and oxygen atoms in total. The maximum atomic E-state index is 13.8. The molecule has 1 fully saturated rings. The van der Waals surface area contributed by atoms with E-state index in [9.17, 15) is 8.78 Å². The van der Waals surface area contributed by atoms with E-state index in [2.05, 4.69) is 0 Å². The second-order valence-electron chi connectivity index (χ2n) is 5.38. The maximum Gasteiger partial charge on any atom is 0.130 e. The third kappa shape index (κ3) is 2.04. The van der Waals surface area contributed by atoms with Crippen molar-refractivity contribution in [3.8, 4) is 0 Å². The third-order valence-electron chi connectivity index (χ3n) is 2.85. The topological polar surface area (TPSA) is 0 Å². The predicted octanol–water partition coefficient (Wildman–Crippen LogP) is 4.14. The Morgan fingerprint density at radius 1 is 1.13 bits per heavy atom. The molecule has 15 heavy (non-hydrogen) atoms. The first kappa shape index (κ1) is 10.6. The molecule has 0 bridgehead atoms. The van der Waals surface area contributed by atoms with E-state index >= 15 is 0 Å². The molecule has 1 aromatic carbocycles. The molecule has 0 spiro atoms. The van der Waals surface area contributed by atoms with E-state index in [4.69, 9.17) is 0 Å². The molecule has 0 aliphatic heterocycles. The first-order valence-corrected chi connectivity index (χ1v) is 5.39. The van der Waals surface area contributed by atoms with Crippen LogP contribution in [0.5, 0.6) is 0 Å². The summed E-state index contributed by atoms with van der Waals surface area (Å²) in [4.78, 5) is 0. The van der Waals surface area contributed by atoms with Gasteiger partial charge in [0.1, 0.15) is 11.6 Å². The van der Waals surface area contributed by atoms with Gasteiger partial charge in [-0.3, -0.25) is 0 Å². The number of halogens is 2. The number of hydrogen-bond acceptors (Lipinski definition) is 0. The van der Waals surface area contributed by atoms with E-state index in [1.54, 1.807) is 0 Å². The Kier molecular flexibility index (Phi) is 2.32. The van der Waals surface area contributed by atoms with E-state index in [-0.39, 0.29) is 5.41 Å². The highest BCUT2D eigenvalue weighted by molar-refractivity contribution is 5.39. The molecule has 1 aliphatic carbocycles. The van der Waals surface area contributed by atoms with Gasteiger partial charge in [0.05, 0.1) is 0 Å². The monoisotopic (exact) mass is 210 g/mol. The van der Waals surface area contributed by atoms with Gasteiger partial charge in [-0.05, 0) is 41.4 Å². The van der Waals surface area contributed by atoms with Crippen LogP contribution >= 0.6 is 0 Å². The predicted molar refractivity (Wildman–Crippen MR) is 57.0 cm³/mol. The molecule has 0 radical (unpaired) electrons. The summed E-state index contributed by atoms with van der Waals surface area (Å²) in [6.45, 7) is 5.90. The Hall–Kier alpha value is -0.920. The number of benzene rings is 1. The van der Waals surface area contributed by atoms with E-state index in [1.165, 1.54) is 6.07 Å². The highest BCUT2D eigenvalue weighted by Gasteiger charge is 2.32. The van der Waals surface area contributed by atoms with Crippen molar-refractivity contribution >= 4 is 0 Å². The fraction of sp³-hybridized carbons (Fsp3) is 0.538. The molecule has 0 saturated heterocycles. The van der Waals surface area contributed by atoms with Gasteiger partial charge in [0.2, 0.25) is 0 Å². The standard InChI is InChI=1S/C13H16F2/c1-13(2,3)12-10(8-4-5-8)6-9(14)7-11(12)15/h6-8H,4-5H2,1-3H3. The van der Waals surface area contributed by atoms with Crippen molar-refractivity contribution in [3.63, 3.8) is 0 Å². The first-order valence-electron chi connectivity index (χ1n) is 5.39. The van der Waals surface area contributed by atoms with E-state index in [1.807, 2.05) is 20.8 Å². The molecular weight excluding hydrogens is 194 g/mol. The average molecular weight is 210 g/mol. The van der Waals surface area contributed by atoms with Gasteiger partial charge in [-0.2, -0.15) is 0 Å². The highest BCUT2D eigenvalue weighted by Crippen LogP contribution is 2.45. The van der Waals surface area contributed by atoms with Gasteiger partial charge in [-0.1, -0.05) is 20.8 Å². The lowest BCUT2D eigenvalue weighted by Gasteiger charge is -2.23. The van der Waals surface area contributed by atoms with Crippen LogP contribution in [0.3, 0.4) is 0 Å². The molecule has 82 valence electrons. The van der Waals surface area contributed by atoms with Crippen molar-refractivity contribution < 1.29 is 8.78 Å². The molecule has 0 amide bonds. The molecule has 1 aliphatic rings. The second kappa shape index (κ2) is 3.29. The van der Waals surface area contributed by atoms with Crippen LogP contribution in [-0.2, 0) is 5.41 Å². The van der Waals surface area contributed by atoms with Crippen LogP contribution in [0.1, 0.15) is 50.7 Å². The lowest BCUT2D eigenvalue weighted by molar-refractivity contribution is 0.504. The van der Waals surface area contributed by atoms with Crippen LogP contribution in [-0.4, -0.2) is 0 Å². The van der Waals surface area contributed by atoms with Gasteiger partial charge < -0.3 is 0 Å². The van der Waals surface area contributed by atoms with Gasteiger partial charge in [0, 0.05) is 6.07 Å². The summed E-state index contributed by atoms with van der Waals surface area (Å²) < 4.78 is 26.9. The zero-order valence-electron chi connectivity index (χ0n) is 9.40. The fourth-order valence-corrected chi connectivity index (χ4v) is 2.10. The third-order valence-corrected chi connectivity index (χ3v) is 2.85. The van der Waals surface area contributed by atoms with Gasteiger partial charge in [-0.15, -0.1) is 0 Å². The molecule has 2 rings (SSSR count). The molecule has 1 aromatic rings. The van der Waals surface area contributed by atoms with Gasteiger partial charge >= 0.3 is 0 Å². The van der Waals surface area contributed by atoms with Crippen LogP contribution in [0.25, 0.3) is 0 Å². The zero-order valence-corrected chi connectivity index (χ0v) is 9.40. The quantitative estimate of drug-likeness (QED) is 0.653. The van der Waals surface area contributed by atoms with E-state index in [0.717, 1.165) is 24.5 Å². The Balaban J connectivity index is 2.59. The molecule has 0 atom stereocenters. The fourth-order valence-electron chi connectivity index (χ4n) is 2.10. The Morgan fingerprint density at radius 2 is 1.73 bits per heavy atom. The van der Waals surface area contributed by atoms with Crippen molar-refractivity contribution in [1.82, 2.24) is 0 Å². The molecule has 0 unspecified atom stereocenters. The molecule has 2 heteroatoms. The number of hydrogen-bond donors (Lipinski definition) is 0. The van der Waals surface area contributed by atoms with Gasteiger partial charge in [0.15, 0.2) is 0 Å². The minimum atomic E-state index is -0.456. The van der Waals surface area contributed by atoms with E-state index < -0.39 is 11.6 Å². The average Bonchev–Trinajstić information content (AvgIpc) is 2.80. The minimum Gasteiger partial charge on any atom is -0.207 e. The molecular formula is C13H16F2. The van der Waals surface area contributed by atoms with Crippen molar-refractivity contribution in [2.75, 3.05) is 0 Å². The van der Waals surface area contributed by atoms with Gasteiger partial charge in [-0.25, -0.2) is 8.78 Å². The second-order valence-corrected chi connectivity index (χ2v) is 5.38. The Bertz CT molecular complexity index is 384. The van der Waals surface area contributed by atoms with Crippen molar-refractivity contribution in [1.29, 1.82) is 0 Å². The lowest BCUT2D eigenvalue weighted by atomic mass is 9.82. The summed E-state index contributed by atoms with van der Waals surface area (Å²) >= 11 is 0. The van der Waals surface area contributed by atoms with Crippen molar-refractivity contribution in [2.24, 2.45) is 0 Å². The van der Waals surface area contributed by atoms with Crippen molar-refractivity contribution in [3.05, 3.63) is 34.9 Å². The Morgan fingerprint density at radius 3 is 2.20 bits per heavy atom. The SMILES string of the molecule is CC(C)(C)c1c(F)cc(F)cc1C1CC1. The zero-order chi connectivity index (χ0) is 11.2. The lowest BCUT2D eigenvalue weighted by Crippen LogP contribution is -2.17. The summed E-state index contributed by atoms with van der Waals surface area (Å²) in [5.74, 6) is -0.476. The first-order chi connectivity index (χ1) is 6.89. The minimum absolute atomic E-state index is 0.254. The summed E-state index contributed by atoms with van der Waals surface area (Å²) in [5, 5.41) is 0. The summed E-state index contributed by atoms with van der Waals surface area (Å²) in [6, 6.07) is 2.49. The maximum absolute atomic E-state index is 13.8. The molecule has 0 heterocycles. The smallest absolute Gasteiger partial charge is 0.130 e. The van der Waals surface area contributed by atoms with Crippen molar-refractivity contribution in [2.45, 2.75) is 44.9 Å². The van der Waals surface area contributed by atoms with Crippen LogP contribution in [0.4, 0.5) is 8.78 Å². The summed E-state index contributed by atoms with van der Waals surface area (Å²) in [5.41, 5.74) is 1.31. The van der Waals surface area contributed by atoms with Crippen LogP contribution in [0.15, 0.2) is 12.1 Å². The molecule has 0 N–H and O–H groups in total. The van der Waals surface area contributed by atoms with Crippen LogP contribution in [0, 0.1) is 11.6 Å². The van der Waals surface area contributed by atoms with E-state index in [0.29, 0.717) is 11.5 Å². The van der Waals surface area contributed by atoms with Gasteiger partial charge in [0.25, 0.3) is 0 Å². The van der Waals surface area contributed by atoms with Crippen LogP contribution < -0.4 is 0 Å². The molecule has 0 aromatic heterocycles. The highest BCUT2D eigenvalue weighted by atomic mass is 19.1. The Labute approximate surface area is 89.3 Å². The summed E-state index contributed by atoms with van der Waals surface area (Å²) in [6.07, 6.45) is 2.12.